The van der Waals surface area contributed by atoms with Crippen LogP contribution in [0.2, 0.25) is 0 Å². The molecule has 116 valence electrons. The van der Waals surface area contributed by atoms with E-state index in [0.29, 0.717) is 11.6 Å². The fourth-order valence-electron chi connectivity index (χ4n) is 2.55. The van der Waals surface area contributed by atoms with Crippen LogP contribution in [0.3, 0.4) is 0 Å². The molecule has 0 bridgehead atoms. The van der Waals surface area contributed by atoms with E-state index >= 15 is 0 Å². The maximum atomic E-state index is 10.9. The fourth-order valence-corrected chi connectivity index (χ4v) is 2.55. The SMILES string of the molecule is CCCC(Cc1ccccc1)NCc1ccc(C(=O)O)cc1. The second kappa shape index (κ2) is 8.35. The van der Waals surface area contributed by atoms with Crippen LogP contribution in [0, 0.1) is 0 Å². The zero-order valence-electron chi connectivity index (χ0n) is 13.0. The lowest BCUT2D eigenvalue weighted by atomic mass is 10.0. The molecule has 0 spiro atoms. The van der Waals surface area contributed by atoms with Crippen LogP contribution in [0.25, 0.3) is 0 Å². The average Bonchev–Trinajstić information content (AvgIpc) is 2.54. The summed E-state index contributed by atoms with van der Waals surface area (Å²) in [5.41, 5.74) is 2.78. The van der Waals surface area contributed by atoms with Crippen molar-refractivity contribution in [2.45, 2.75) is 38.8 Å². The summed E-state index contributed by atoms with van der Waals surface area (Å²) in [5, 5.41) is 12.5. The highest BCUT2D eigenvalue weighted by molar-refractivity contribution is 5.87. The quantitative estimate of drug-likeness (QED) is 0.777. The summed E-state index contributed by atoms with van der Waals surface area (Å²) in [5.74, 6) is -0.882. The van der Waals surface area contributed by atoms with Gasteiger partial charge < -0.3 is 10.4 Å². The van der Waals surface area contributed by atoms with Crippen molar-refractivity contribution in [2.24, 2.45) is 0 Å². The molecular formula is C19H23NO2. The number of aromatic carboxylic acids is 1. The predicted octanol–water partition coefficient (Wildman–Crippen LogP) is 3.89. The molecule has 0 fully saturated rings. The van der Waals surface area contributed by atoms with Gasteiger partial charge in [0.15, 0.2) is 0 Å². The topological polar surface area (TPSA) is 49.3 Å². The first-order chi connectivity index (χ1) is 10.7. The molecule has 22 heavy (non-hydrogen) atoms. The van der Waals surface area contributed by atoms with E-state index in [-0.39, 0.29) is 0 Å². The highest BCUT2D eigenvalue weighted by atomic mass is 16.4. The van der Waals surface area contributed by atoms with Gasteiger partial charge in [-0.2, -0.15) is 0 Å². The molecule has 2 rings (SSSR count). The van der Waals surface area contributed by atoms with Crippen LogP contribution in [0.15, 0.2) is 54.6 Å². The number of carbonyl (C=O) groups is 1. The Labute approximate surface area is 132 Å². The van der Waals surface area contributed by atoms with Gasteiger partial charge in [0.05, 0.1) is 5.56 Å². The first-order valence-corrected chi connectivity index (χ1v) is 7.78. The monoisotopic (exact) mass is 297 g/mol. The van der Waals surface area contributed by atoms with Gasteiger partial charge in [-0.25, -0.2) is 4.79 Å². The van der Waals surface area contributed by atoms with Crippen LogP contribution in [0.5, 0.6) is 0 Å². The number of carboxylic acid groups (broad SMARTS) is 1. The zero-order chi connectivity index (χ0) is 15.8. The third kappa shape index (κ3) is 5.01. The van der Waals surface area contributed by atoms with Crippen molar-refractivity contribution in [2.75, 3.05) is 0 Å². The Balaban J connectivity index is 1.92. The number of carboxylic acids is 1. The van der Waals surface area contributed by atoms with Crippen LogP contribution < -0.4 is 5.32 Å². The van der Waals surface area contributed by atoms with E-state index in [1.165, 1.54) is 5.56 Å². The maximum absolute atomic E-state index is 10.9. The minimum atomic E-state index is -0.882. The number of nitrogens with one attached hydrogen (secondary N) is 1. The Bertz CT molecular complexity index is 578. The normalized spacial score (nSPS) is 12.0. The number of hydrogen-bond donors (Lipinski definition) is 2. The molecule has 1 atom stereocenters. The van der Waals surface area contributed by atoms with Crippen molar-refractivity contribution in [1.82, 2.24) is 5.32 Å². The van der Waals surface area contributed by atoms with E-state index in [4.69, 9.17) is 5.11 Å². The minimum Gasteiger partial charge on any atom is -0.478 e. The lowest BCUT2D eigenvalue weighted by molar-refractivity contribution is 0.0697. The molecule has 3 nitrogen and oxygen atoms in total. The van der Waals surface area contributed by atoms with Gasteiger partial charge in [0.1, 0.15) is 0 Å². The Hall–Kier alpha value is -2.13. The molecule has 0 aromatic heterocycles. The summed E-state index contributed by atoms with van der Waals surface area (Å²) in [6.45, 7) is 2.96. The Morgan fingerprint density at radius 2 is 1.73 bits per heavy atom. The van der Waals surface area contributed by atoms with Crippen molar-refractivity contribution >= 4 is 5.97 Å². The van der Waals surface area contributed by atoms with Gasteiger partial charge in [0, 0.05) is 12.6 Å². The van der Waals surface area contributed by atoms with Gasteiger partial charge in [-0.15, -0.1) is 0 Å². The van der Waals surface area contributed by atoms with Gasteiger partial charge in [-0.1, -0.05) is 55.8 Å². The lowest BCUT2D eigenvalue weighted by Gasteiger charge is -2.18. The van der Waals surface area contributed by atoms with Crippen molar-refractivity contribution in [3.05, 3.63) is 71.3 Å². The standard InChI is InChI=1S/C19H23NO2/c1-2-6-18(13-15-7-4-3-5-8-15)20-14-16-9-11-17(12-10-16)19(21)22/h3-5,7-12,18,20H,2,6,13-14H2,1H3,(H,21,22). The summed E-state index contributed by atoms with van der Waals surface area (Å²) in [6.07, 6.45) is 3.28. The molecule has 2 aromatic rings. The second-order valence-corrected chi connectivity index (χ2v) is 5.56. The van der Waals surface area contributed by atoms with Crippen LogP contribution in [-0.4, -0.2) is 17.1 Å². The zero-order valence-corrected chi connectivity index (χ0v) is 13.0. The predicted molar refractivity (Wildman–Crippen MR) is 89.1 cm³/mol. The first-order valence-electron chi connectivity index (χ1n) is 7.78. The van der Waals surface area contributed by atoms with Crippen LogP contribution in [0.4, 0.5) is 0 Å². The van der Waals surface area contributed by atoms with Gasteiger partial charge in [0.2, 0.25) is 0 Å². The third-order valence-electron chi connectivity index (χ3n) is 3.76. The van der Waals surface area contributed by atoms with Gasteiger partial charge in [0.25, 0.3) is 0 Å². The first kappa shape index (κ1) is 16.2. The molecule has 0 saturated carbocycles. The van der Waals surface area contributed by atoms with Crippen molar-refractivity contribution in [3.63, 3.8) is 0 Å². The molecule has 1 unspecified atom stereocenters. The molecule has 0 saturated heterocycles. The highest BCUT2D eigenvalue weighted by Gasteiger charge is 2.09. The van der Waals surface area contributed by atoms with E-state index in [2.05, 4.69) is 36.5 Å². The molecule has 0 radical (unpaired) electrons. The maximum Gasteiger partial charge on any atom is 0.335 e. The number of hydrogen-bond acceptors (Lipinski definition) is 2. The minimum absolute atomic E-state index is 0.332. The highest BCUT2D eigenvalue weighted by Crippen LogP contribution is 2.10. The smallest absolute Gasteiger partial charge is 0.335 e. The molecule has 3 heteroatoms. The number of benzene rings is 2. The van der Waals surface area contributed by atoms with Crippen molar-refractivity contribution < 1.29 is 9.90 Å². The molecule has 0 heterocycles. The molecule has 0 aliphatic rings. The molecule has 0 aliphatic heterocycles. The van der Waals surface area contributed by atoms with Crippen LogP contribution >= 0.6 is 0 Å². The average molecular weight is 297 g/mol. The Morgan fingerprint density at radius 3 is 2.32 bits per heavy atom. The summed E-state index contributed by atoms with van der Waals surface area (Å²) in [7, 11) is 0. The summed E-state index contributed by atoms with van der Waals surface area (Å²) in [6, 6.07) is 18.0. The Kier molecular flexibility index (Phi) is 6.16. The van der Waals surface area contributed by atoms with Crippen LogP contribution in [0.1, 0.15) is 41.3 Å². The van der Waals surface area contributed by atoms with Crippen molar-refractivity contribution in [3.8, 4) is 0 Å². The van der Waals surface area contributed by atoms with E-state index in [1.54, 1.807) is 12.1 Å². The molecule has 2 N–H and O–H groups in total. The molecular weight excluding hydrogens is 274 g/mol. The molecule has 2 aromatic carbocycles. The largest absolute Gasteiger partial charge is 0.478 e. The summed E-state index contributed by atoms with van der Waals surface area (Å²) < 4.78 is 0. The third-order valence-corrected chi connectivity index (χ3v) is 3.76. The van der Waals surface area contributed by atoms with E-state index in [1.807, 2.05) is 18.2 Å². The van der Waals surface area contributed by atoms with E-state index < -0.39 is 5.97 Å². The van der Waals surface area contributed by atoms with Crippen molar-refractivity contribution in [1.29, 1.82) is 0 Å². The lowest BCUT2D eigenvalue weighted by Crippen LogP contribution is -2.30. The Morgan fingerprint density at radius 1 is 1.05 bits per heavy atom. The van der Waals surface area contributed by atoms with E-state index in [9.17, 15) is 4.79 Å². The van der Waals surface area contributed by atoms with Crippen LogP contribution in [-0.2, 0) is 13.0 Å². The summed E-state index contributed by atoms with van der Waals surface area (Å²) in [4.78, 5) is 10.9. The number of rotatable bonds is 8. The molecule has 0 aliphatic carbocycles. The van der Waals surface area contributed by atoms with E-state index in [0.717, 1.165) is 31.4 Å². The van der Waals surface area contributed by atoms with Gasteiger partial charge >= 0.3 is 5.97 Å². The fraction of sp³-hybridized carbons (Fsp3) is 0.316. The summed E-state index contributed by atoms with van der Waals surface area (Å²) >= 11 is 0. The van der Waals surface area contributed by atoms with Gasteiger partial charge in [-0.3, -0.25) is 0 Å². The van der Waals surface area contributed by atoms with Gasteiger partial charge in [-0.05, 0) is 36.1 Å². The molecule has 0 amide bonds. The second-order valence-electron chi connectivity index (χ2n) is 5.56.